The Hall–Kier alpha value is -0.0800. The Morgan fingerprint density at radius 3 is 1.47 bits per heavy atom. The van der Waals surface area contributed by atoms with Crippen molar-refractivity contribution in [2.24, 2.45) is 17.3 Å². The minimum absolute atomic E-state index is 0.494. The highest BCUT2D eigenvalue weighted by Gasteiger charge is 2.17. The second-order valence-electron chi connectivity index (χ2n) is 9.69. The molecule has 0 rings (SSSR count). The molecule has 1 atom stereocenters. The van der Waals surface area contributed by atoms with Crippen LogP contribution in [0, 0.1) is 17.3 Å². The second kappa shape index (κ2) is 43.0. The summed E-state index contributed by atoms with van der Waals surface area (Å²) in [5, 5.41) is 3.51. The largest absolute Gasteiger partial charge is 0.317 e. The van der Waals surface area contributed by atoms with E-state index in [0.717, 1.165) is 18.4 Å². The van der Waals surface area contributed by atoms with E-state index < -0.39 is 0 Å². The maximum Gasteiger partial charge on any atom is 0.000693 e. The lowest BCUT2D eigenvalue weighted by molar-refractivity contribution is 0.189. The van der Waals surface area contributed by atoms with Crippen LogP contribution in [0.5, 0.6) is 0 Å². The lowest BCUT2D eigenvalue weighted by atomic mass is 9.86. The van der Waals surface area contributed by atoms with Crippen molar-refractivity contribution in [3.63, 3.8) is 0 Å². The molecule has 0 aromatic heterocycles. The average molecular weight is 491 g/mol. The topological polar surface area (TPSA) is 15.3 Å². The van der Waals surface area contributed by atoms with E-state index in [4.69, 9.17) is 0 Å². The molecule has 0 saturated carbocycles. The number of hydrogen-bond acceptors (Lipinski definition) is 2. The van der Waals surface area contributed by atoms with E-state index in [2.05, 4.69) is 86.4 Å². The van der Waals surface area contributed by atoms with Crippen molar-refractivity contribution in [3.05, 3.63) is 0 Å². The van der Waals surface area contributed by atoms with Gasteiger partial charge in [-0.15, -0.1) is 0 Å². The van der Waals surface area contributed by atoms with Crippen LogP contribution in [0.4, 0.5) is 0 Å². The van der Waals surface area contributed by atoms with Gasteiger partial charge in [0.1, 0.15) is 0 Å². The van der Waals surface area contributed by atoms with Gasteiger partial charge in [-0.05, 0) is 62.7 Å². The first-order valence-corrected chi connectivity index (χ1v) is 15.6. The Labute approximate surface area is 222 Å². The van der Waals surface area contributed by atoms with Gasteiger partial charge in [0.05, 0.1) is 0 Å². The fourth-order valence-corrected chi connectivity index (χ4v) is 2.23. The molecule has 0 aliphatic heterocycles. The van der Waals surface area contributed by atoms with Crippen LogP contribution in [0.25, 0.3) is 0 Å². The summed E-state index contributed by atoms with van der Waals surface area (Å²) in [6, 6.07) is 0. The van der Waals surface area contributed by atoms with Crippen molar-refractivity contribution in [1.82, 2.24) is 10.2 Å². The Kier molecular flexibility index (Phi) is 59.7. The minimum atomic E-state index is 0.494. The molecule has 34 heavy (non-hydrogen) atoms. The summed E-state index contributed by atoms with van der Waals surface area (Å²) in [5.74, 6) is 1.71. The maximum atomic E-state index is 3.51. The number of rotatable bonds is 14. The van der Waals surface area contributed by atoms with Crippen molar-refractivity contribution in [1.29, 1.82) is 0 Å². The van der Waals surface area contributed by atoms with Crippen molar-refractivity contribution >= 4 is 0 Å². The van der Waals surface area contributed by atoms with E-state index in [1.807, 2.05) is 41.5 Å². The molecule has 0 fully saturated rings. The molecule has 0 radical (unpaired) electrons. The molecular formula is C32H78N2. The van der Waals surface area contributed by atoms with Crippen LogP contribution >= 0.6 is 0 Å². The van der Waals surface area contributed by atoms with E-state index in [1.54, 1.807) is 0 Å². The van der Waals surface area contributed by atoms with Crippen LogP contribution in [0.1, 0.15) is 163 Å². The zero-order valence-corrected chi connectivity index (χ0v) is 28.1. The highest BCUT2D eigenvalue weighted by atomic mass is 15.1. The molecule has 1 unspecified atom stereocenters. The SMILES string of the molecule is CC.CC.CC.CCC.CCC(C)C.CCCNCCCN(CCC(C)(C)CC)CC(C)CC. The van der Waals surface area contributed by atoms with Gasteiger partial charge in [0.25, 0.3) is 0 Å². The van der Waals surface area contributed by atoms with Crippen LogP contribution < -0.4 is 5.32 Å². The van der Waals surface area contributed by atoms with Gasteiger partial charge in [-0.1, -0.05) is 143 Å². The average Bonchev–Trinajstić information content (AvgIpc) is 2.86. The van der Waals surface area contributed by atoms with Crippen LogP contribution in [-0.2, 0) is 0 Å². The van der Waals surface area contributed by atoms with Gasteiger partial charge >= 0.3 is 0 Å². The van der Waals surface area contributed by atoms with Crippen LogP contribution in [-0.4, -0.2) is 37.6 Å². The van der Waals surface area contributed by atoms with E-state index in [1.165, 1.54) is 71.1 Å². The quantitative estimate of drug-likeness (QED) is 0.243. The first-order valence-electron chi connectivity index (χ1n) is 15.6. The maximum absolute atomic E-state index is 3.51. The first-order chi connectivity index (χ1) is 16.1. The molecule has 0 aromatic carbocycles. The van der Waals surface area contributed by atoms with E-state index in [0.29, 0.717) is 5.41 Å². The first kappa shape index (κ1) is 47.2. The summed E-state index contributed by atoms with van der Waals surface area (Å²) in [6.07, 6.45) is 8.97. The monoisotopic (exact) mass is 491 g/mol. The molecular weight excluding hydrogens is 412 g/mol. The van der Waals surface area contributed by atoms with Gasteiger partial charge in [0.15, 0.2) is 0 Å². The Morgan fingerprint density at radius 2 is 1.15 bits per heavy atom. The third-order valence-corrected chi connectivity index (χ3v) is 5.40. The van der Waals surface area contributed by atoms with Gasteiger partial charge in [0.2, 0.25) is 0 Å². The normalized spacial score (nSPS) is 10.7. The van der Waals surface area contributed by atoms with Crippen molar-refractivity contribution in [3.8, 4) is 0 Å². The number of nitrogens with one attached hydrogen (secondary N) is 1. The fraction of sp³-hybridized carbons (Fsp3) is 1.00. The van der Waals surface area contributed by atoms with Crippen molar-refractivity contribution < 1.29 is 0 Å². The molecule has 1 N–H and O–H groups in total. The zero-order chi connectivity index (χ0) is 28.4. The summed E-state index contributed by atoms with van der Waals surface area (Å²) in [6.45, 7) is 43.0. The molecule has 2 heteroatoms. The van der Waals surface area contributed by atoms with Crippen molar-refractivity contribution in [2.45, 2.75) is 163 Å². The third kappa shape index (κ3) is 53.3. The zero-order valence-electron chi connectivity index (χ0n) is 28.1. The molecule has 0 bridgehead atoms. The molecule has 0 saturated heterocycles. The van der Waals surface area contributed by atoms with Crippen molar-refractivity contribution in [2.75, 3.05) is 32.7 Å². The van der Waals surface area contributed by atoms with Gasteiger partial charge in [-0.3, -0.25) is 0 Å². The summed E-state index contributed by atoms with van der Waals surface area (Å²) in [7, 11) is 0. The van der Waals surface area contributed by atoms with Gasteiger partial charge in [-0.2, -0.15) is 0 Å². The molecule has 0 aromatic rings. The van der Waals surface area contributed by atoms with Crippen LogP contribution in [0.15, 0.2) is 0 Å². The minimum Gasteiger partial charge on any atom is -0.317 e. The van der Waals surface area contributed by atoms with Gasteiger partial charge in [0, 0.05) is 6.54 Å². The lowest BCUT2D eigenvalue weighted by Gasteiger charge is -2.30. The molecule has 0 amide bonds. The van der Waals surface area contributed by atoms with E-state index in [9.17, 15) is 0 Å². The Balaban J connectivity index is -0.000000116. The molecule has 0 aliphatic carbocycles. The fourth-order valence-electron chi connectivity index (χ4n) is 2.23. The molecule has 216 valence electrons. The highest BCUT2D eigenvalue weighted by Crippen LogP contribution is 2.24. The Morgan fingerprint density at radius 1 is 0.706 bits per heavy atom. The predicted molar refractivity (Wildman–Crippen MR) is 167 cm³/mol. The summed E-state index contributed by atoms with van der Waals surface area (Å²) < 4.78 is 0. The predicted octanol–water partition coefficient (Wildman–Crippen LogP) is 11.1. The standard InChI is InChI=1S/C18H40N2.C5H12.C3H8.3C2H6/c1-7-12-19-13-10-14-20(16-17(4)8-2)15-11-18(5,6)9-3;1-4-5(2)3;1-3-2;3*1-2/h17,19H,7-16H2,1-6H3;5H,4H2,1-3H3;3H2,1-2H3;3*1-2H3. The van der Waals surface area contributed by atoms with Gasteiger partial charge < -0.3 is 10.2 Å². The number of nitrogens with zero attached hydrogens (tertiary/aromatic N) is 1. The molecule has 0 spiro atoms. The summed E-state index contributed by atoms with van der Waals surface area (Å²) in [4.78, 5) is 2.69. The van der Waals surface area contributed by atoms with Gasteiger partial charge in [-0.25, -0.2) is 0 Å². The van der Waals surface area contributed by atoms with Crippen LogP contribution in [0.3, 0.4) is 0 Å². The third-order valence-electron chi connectivity index (χ3n) is 5.40. The summed E-state index contributed by atoms with van der Waals surface area (Å²) >= 11 is 0. The summed E-state index contributed by atoms with van der Waals surface area (Å²) in [5.41, 5.74) is 0.494. The number of hydrogen-bond donors (Lipinski definition) is 1. The van der Waals surface area contributed by atoms with E-state index in [-0.39, 0.29) is 0 Å². The molecule has 0 heterocycles. The Bertz CT molecular complexity index is 274. The smallest absolute Gasteiger partial charge is 0.000693 e. The molecule has 0 aliphatic rings. The second-order valence-corrected chi connectivity index (χ2v) is 9.69. The van der Waals surface area contributed by atoms with E-state index >= 15 is 0 Å². The van der Waals surface area contributed by atoms with Crippen LogP contribution in [0.2, 0.25) is 0 Å². The lowest BCUT2D eigenvalue weighted by Crippen LogP contribution is -2.34. The molecule has 2 nitrogen and oxygen atoms in total. The highest BCUT2D eigenvalue weighted by molar-refractivity contribution is 4.71.